The van der Waals surface area contributed by atoms with E-state index in [2.05, 4.69) is 36.4 Å². The minimum absolute atomic E-state index is 0.557. The van der Waals surface area contributed by atoms with Crippen LogP contribution in [0.3, 0.4) is 0 Å². The highest BCUT2D eigenvalue weighted by molar-refractivity contribution is 5.88. The van der Waals surface area contributed by atoms with Crippen molar-refractivity contribution in [2.75, 3.05) is 13.1 Å². The van der Waals surface area contributed by atoms with Gasteiger partial charge in [-0.1, -0.05) is 36.3 Å². The molecule has 0 fully saturated rings. The van der Waals surface area contributed by atoms with E-state index < -0.39 is 0 Å². The average molecular weight is 275 g/mol. The van der Waals surface area contributed by atoms with E-state index in [-0.39, 0.29) is 0 Å². The fourth-order valence-corrected chi connectivity index (χ4v) is 2.53. The molecule has 0 radical (unpaired) electrons. The van der Waals surface area contributed by atoms with Gasteiger partial charge < -0.3 is 10.1 Å². The molecule has 104 valence electrons. The summed E-state index contributed by atoms with van der Waals surface area (Å²) in [4.78, 5) is 0. The van der Waals surface area contributed by atoms with Gasteiger partial charge in [-0.15, -0.1) is 6.42 Å². The Morgan fingerprint density at radius 2 is 1.90 bits per heavy atom. The van der Waals surface area contributed by atoms with Crippen LogP contribution in [0.15, 0.2) is 42.5 Å². The second-order valence-corrected chi connectivity index (χ2v) is 5.06. The Morgan fingerprint density at radius 1 is 1.10 bits per heavy atom. The lowest BCUT2D eigenvalue weighted by molar-refractivity contribution is 0.480. The maximum Gasteiger partial charge on any atom is 0.135 e. The molecule has 0 saturated heterocycles. The van der Waals surface area contributed by atoms with E-state index in [4.69, 9.17) is 11.2 Å². The van der Waals surface area contributed by atoms with Crippen LogP contribution in [0.25, 0.3) is 11.6 Å². The summed E-state index contributed by atoms with van der Waals surface area (Å²) in [5, 5.41) is 3.26. The van der Waals surface area contributed by atoms with Gasteiger partial charge in [0.2, 0.25) is 0 Å². The minimum Gasteiger partial charge on any atom is -0.456 e. The summed E-state index contributed by atoms with van der Waals surface area (Å²) in [6, 6.07) is 14.2. The van der Waals surface area contributed by atoms with Gasteiger partial charge in [0.15, 0.2) is 0 Å². The van der Waals surface area contributed by atoms with E-state index in [1.165, 1.54) is 11.1 Å². The fraction of sp³-hybridized carbons (Fsp3) is 0.158. The predicted octanol–water partition coefficient (Wildman–Crippen LogP) is 3.86. The molecular formula is C19H17NO. The van der Waals surface area contributed by atoms with Gasteiger partial charge in [0.25, 0.3) is 0 Å². The summed E-state index contributed by atoms with van der Waals surface area (Å²) in [5.74, 6) is 4.39. The first-order chi connectivity index (χ1) is 10.3. The lowest BCUT2D eigenvalue weighted by Crippen LogP contribution is -2.16. The van der Waals surface area contributed by atoms with Crippen molar-refractivity contribution < 1.29 is 4.74 Å². The molecule has 21 heavy (non-hydrogen) atoms. The maximum absolute atomic E-state index is 6.10. The Balaban J connectivity index is 2.10. The van der Waals surface area contributed by atoms with Gasteiger partial charge >= 0.3 is 0 Å². The quantitative estimate of drug-likeness (QED) is 0.678. The van der Waals surface area contributed by atoms with Crippen molar-refractivity contribution in [2.24, 2.45) is 0 Å². The Hall–Kier alpha value is -2.50. The SMILES string of the molecule is C#CCNCC1=Cc2c(C)cccc2Oc2ccccc21. The van der Waals surface area contributed by atoms with Gasteiger partial charge in [0, 0.05) is 17.7 Å². The molecule has 2 aromatic carbocycles. The molecule has 0 amide bonds. The summed E-state index contributed by atoms with van der Waals surface area (Å²) in [6.45, 7) is 3.38. The summed E-state index contributed by atoms with van der Waals surface area (Å²) < 4.78 is 6.10. The zero-order valence-electron chi connectivity index (χ0n) is 12.0. The molecule has 2 heteroatoms. The molecule has 0 aromatic heterocycles. The lowest BCUT2D eigenvalue weighted by atomic mass is 10.0. The molecule has 0 unspecified atom stereocenters. The van der Waals surface area contributed by atoms with E-state index in [9.17, 15) is 0 Å². The predicted molar refractivity (Wildman–Crippen MR) is 87.3 cm³/mol. The molecule has 1 aliphatic rings. The van der Waals surface area contributed by atoms with Crippen LogP contribution >= 0.6 is 0 Å². The molecule has 0 saturated carbocycles. The number of fused-ring (bicyclic) bond motifs is 2. The third-order valence-corrected chi connectivity index (χ3v) is 3.60. The number of hydrogen-bond donors (Lipinski definition) is 1. The molecule has 0 bridgehead atoms. The topological polar surface area (TPSA) is 21.3 Å². The van der Waals surface area contributed by atoms with Crippen molar-refractivity contribution in [2.45, 2.75) is 6.92 Å². The number of terminal acetylenes is 1. The van der Waals surface area contributed by atoms with Crippen molar-refractivity contribution in [1.82, 2.24) is 5.32 Å². The number of nitrogens with one attached hydrogen (secondary N) is 1. The van der Waals surface area contributed by atoms with E-state index in [0.29, 0.717) is 6.54 Å². The third kappa shape index (κ3) is 2.69. The van der Waals surface area contributed by atoms with Crippen LogP contribution in [-0.4, -0.2) is 13.1 Å². The Morgan fingerprint density at radius 3 is 2.76 bits per heavy atom. The smallest absolute Gasteiger partial charge is 0.135 e. The molecule has 3 rings (SSSR count). The van der Waals surface area contributed by atoms with Crippen LogP contribution < -0.4 is 10.1 Å². The zero-order valence-corrected chi connectivity index (χ0v) is 12.0. The highest BCUT2D eigenvalue weighted by Gasteiger charge is 2.16. The minimum atomic E-state index is 0.557. The highest BCUT2D eigenvalue weighted by Crippen LogP contribution is 2.38. The van der Waals surface area contributed by atoms with E-state index in [1.807, 2.05) is 30.3 Å². The third-order valence-electron chi connectivity index (χ3n) is 3.60. The number of rotatable bonds is 3. The Labute approximate surface area is 125 Å². The monoisotopic (exact) mass is 275 g/mol. The summed E-state index contributed by atoms with van der Waals surface area (Å²) >= 11 is 0. The van der Waals surface area contributed by atoms with Gasteiger partial charge in [-0.25, -0.2) is 0 Å². The van der Waals surface area contributed by atoms with Crippen LogP contribution in [-0.2, 0) is 0 Å². The molecule has 0 aliphatic carbocycles. The Bertz CT molecular complexity index is 737. The number of hydrogen-bond acceptors (Lipinski definition) is 2. The molecular weight excluding hydrogens is 258 g/mol. The first kappa shape index (κ1) is 13.5. The van der Waals surface area contributed by atoms with Gasteiger partial charge in [-0.3, -0.25) is 0 Å². The lowest BCUT2D eigenvalue weighted by Gasteiger charge is -2.11. The number of ether oxygens (including phenoxy) is 1. The van der Waals surface area contributed by atoms with Gasteiger partial charge in [-0.05, 0) is 36.3 Å². The maximum atomic E-state index is 6.10. The van der Waals surface area contributed by atoms with Gasteiger partial charge in [-0.2, -0.15) is 0 Å². The molecule has 2 nitrogen and oxygen atoms in total. The molecule has 1 heterocycles. The fourth-order valence-electron chi connectivity index (χ4n) is 2.53. The van der Waals surface area contributed by atoms with Crippen LogP contribution in [0.4, 0.5) is 0 Å². The molecule has 0 spiro atoms. The van der Waals surface area contributed by atoms with E-state index in [1.54, 1.807) is 0 Å². The summed E-state index contributed by atoms with van der Waals surface area (Å²) in [5.41, 5.74) is 4.63. The van der Waals surface area contributed by atoms with Crippen LogP contribution in [0, 0.1) is 19.3 Å². The Kier molecular flexibility index (Phi) is 3.77. The number of para-hydroxylation sites is 1. The first-order valence-corrected chi connectivity index (χ1v) is 7.01. The summed E-state index contributed by atoms with van der Waals surface area (Å²) in [6.07, 6.45) is 7.51. The number of benzene rings is 2. The first-order valence-electron chi connectivity index (χ1n) is 7.01. The van der Waals surface area contributed by atoms with Crippen molar-refractivity contribution in [3.63, 3.8) is 0 Å². The van der Waals surface area contributed by atoms with Crippen LogP contribution in [0.1, 0.15) is 16.7 Å². The van der Waals surface area contributed by atoms with E-state index in [0.717, 1.165) is 29.2 Å². The molecule has 1 aliphatic heterocycles. The van der Waals surface area contributed by atoms with Crippen LogP contribution in [0.5, 0.6) is 11.5 Å². The highest BCUT2D eigenvalue weighted by atomic mass is 16.5. The largest absolute Gasteiger partial charge is 0.456 e. The molecule has 1 N–H and O–H groups in total. The van der Waals surface area contributed by atoms with Gasteiger partial charge in [0.05, 0.1) is 6.54 Å². The van der Waals surface area contributed by atoms with Crippen molar-refractivity contribution in [3.8, 4) is 23.8 Å². The standard InChI is InChI=1S/C19H17NO/c1-3-11-20-13-15-12-17-14(2)7-6-10-19(17)21-18-9-5-4-8-16(15)18/h1,4-10,12,20H,11,13H2,2H3. The second-order valence-electron chi connectivity index (χ2n) is 5.06. The van der Waals surface area contributed by atoms with Crippen LogP contribution in [0.2, 0.25) is 0 Å². The molecule has 0 atom stereocenters. The van der Waals surface area contributed by atoms with Crippen molar-refractivity contribution in [3.05, 3.63) is 59.2 Å². The molecule has 2 aromatic rings. The average Bonchev–Trinajstić information content (AvgIpc) is 2.65. The zero-order chi connectivity index (χ0) is 14.7. The second kappa shape index (κ2) is 5.87. The van der Waals surface area contributed by atoms with E-state index >= 15 is 0 Å². The number of aryl methyl sites for hydroxylation is 1. The normalized spacial score (nSPS) is 12.3. The van der Waals surface area contributed by atoms with Crippen molar-refractivity contribution >= 4 is 11.6 Å². The summed E-state index contributed by atoms with van der Waals surface area (Å²) in [7, 11) is 0. The van der Waals surface area contributed by atoms with Gasteiger partial charge in [0.1, 0.15) is 11.5 Å². The van der Waals surface area contributed by atoms with Crippen molar-refractivity contribution in [1.29, 1.82) is 0 Å².